The number of carbonyl (C=O) groups excluding carboxylic acids is 2. The minimum Gasteiger partial charge on any atom is -0.487 e. The number of rotatable bonds is 4. The van der Waals surface area contributed by atoms with Crippen molar-refractivity contribution >= 4 is 17.5 Å². The Morgan fingerprint density at radius 2 is 2.00 bits per heavy atom. The van der Waals surface area contributed by atoms with E-state index in [2.05, 4.69) is 5.32 Å². The second kappa shape index (κ2) is 7.24. The van der Waals surface area contributed by atoms with Crippen molar-refractivity contribution in [1.82, 2.24) is 5.32 Å². The van der Waals surface area contributed by atoms with Gasteiger partial charge in [0.15, 0.2) is 0 Å². The minimum atomic E-state index is -0.0449. The van der Waals surface area contributed by atoms with Crippen molar-refractivity contribution in [3.05, 3.63) is 23.8 Å². The van der Waals surface area contributed by atoms with Crippen LogP contribution in [-0.4, -0.2) is 30.5 Å². The van der Waals surface area contributed by atoms with E-state index in [1.165, 1.54) is 12.8 Å². The van der Waals surface area contributed by atoms with E-state index in [1.54, 1.807) is 4.90 Å². The number of anilines is 1. The first kappa shape index (κ1) is 16.8. The predicted molar refractivity (Wildman–Crippen MR) is 93.3 cm³/mol. The number of aryl methyl sites for hydroxylation is 1. The third-order valence-corrected chi connectivity index (χ3v) is 4.76. The Hall–Kier alpha value is -2.04. The summed E-state index contributed by atoms with van der Waals surface area (Å²) >= 11 is 0. The van der Waals surface area contributed by atoms with Crippen LogP contribution in [0.5, 0.6) is 5.75 Å². The van der Waals surface area contributed by atoms with E-state index in [9.17, 15) is 9.59 Å². The molecule has 5 heteroatoms. The number of hydrogen-bond donors (Lipinski definition) is 1. The summed E-state index contributed by atoms with van der Waals surface area (Å²) in [7, 11) is 0. The largest absolute Gasteiger partial charge is 0.487 e. The number of ether oxygens (including phenoxy) is 1. The molecule has 0 saturated heterocycles. The summed E-state index contributed by atoms with van der Waals surface area (Å²) in [5, 5.41) is 3.04. The van der Waals surface area contributed by atoms with E-state index >= 15 is 0 Å². The highest BCUT2D eigenvalue weighted by Gasteiger charge is 2.28. The number of carbonyl (C=O) groups is 2. The molecule has 0 radical (unpaired) electrons. The van der Waals surface area contributed by atoms with Crippen molar-refractivity contribution in [2.24, 2.45) is 0 Å². The smallest absolute Gasteiger partial charge is 0.227 e. The average Bonchev–Trinajstić information content (AvgIpc) is 3.05. The molecule has 3 rings (SSSR count). The van der Waals surface area contributed by atoms with E-state index < -0.39 is 0 Å². The molecule has 24 heavy (non-hydrogen) atoms. The van der Waals surface area contributed by atoms with Gasteiger partial charge in [-0.25, -0.2) is 0 Å². The Labute approximate surface area is 143 Å². The lowest BCUT2D eigenvalue weighted by molar-refractivity contribution is -0.125. The summed E-state index contributed by atoms with van der Waals surface area (Å²) < 4.78 is 5.81. The summed E-state index contributed by atoms with van der Waals surface area (Å²) in [6, 6.07) is 6.17. The van der Waals surface area contributed by atoms with Crippen molar-refractivity contribution < 1.29 is 14.3 Å². The maximum absolute atomic E-state index is 12.6. The van der Waals surface area contributed by atoms with Crippen LogP contribution in [0.4, 0.5) is 5.69 Å². The van der Waals surface area contributed by atoms with Gasteiger partial charge in [0.05, 0.1) is 12.2 Å². The fourth-order valence-electron chi connectivity index (χ4n) is 3.51. The Bertz CT molecular complexity index is 623. The van der Waals surface area contributed by atoms with E-state index in [0.717, 1.165) is 29.8 Å². The Morgan fingerprint density at radius 1 is 1.25 bits per heavy atom. The molecule has 5 nitrogen and oxygen atoms in total. The number of fused-ring (bicyclic) bond motifs is 1. The molecule has 1 aromatic rings. The standard InChI is InChI=1S/C19H26N2O3/c1-13-7-8-17-16(11-13)21(12-14(2)24-17)19(23)10-9-18(22)20-15-5-3-4-6-15/h7-8,11,14-15H,3-6,9-10,12H2,1-2H3,(H,20,22). The molecule has 2 aliphatic rings. The Balaban J connectivity index is 1.60. The van der Waals surface area contributed by atoms with E-state index in [4.69, 9.17) is 4.74 Å². The van der Waals surface area contributed by atoms with Gasteiger partial charge in [0.1, 0.15) is 11.9 Å². The van der Waals surface area contributed by atoms with Crippen LogP contribution >= 0.6 is 0 Å². The molecular formula is C19H26N2O3. The van der Waals surface area contributed by atoms with Crippen molar-refractivity contribution in [1.29, 1.82) is 0 Å². The van der Waals surface area contributed by atoms with Gasteiger partial charge >= 0.3 is 0 Å². The third-order valence-electron chi connectivity index (χ3n) is 4.76. The molecule has 2 amide bonds. The average molecular weight is 330 g/mol. The lowest BCUT2D eigenvalue weighted by atomic mass is 10.1. The summed E-state index contributed by atoms with van der Waals surface area (Å²) in [5.74, 6) is 0.711. The molecule has 0 bridgehead atoms. The van der Waals surface area contributed by atoms with Crippen LogP contribution in [0.1, 0.15) is 51.0 Å². The van der Waals surface area contributed by atoms with Crippen molar-refractivity contribution in [3.63, 3.8) is 0 Å². The first-order valence-corrected chi connectivity index (χ1v) is 8.90. The van der Waals surface area contributed by atoms with Crippen LogP contribution in [0, 0.1) is 6.92 Å². The molecule has 1 aliphatic heterocycles. The lowest BCUT2D eigenvalue weighted by Gasteiger charge is -2.33. The highest BCUT2D eigenvalue weighted by atomic mass is 16.5. The summed E-state index contributed by atoms with van der Waals surface area (Å²) in [6.07, 6.45) is 4.94. The van der Waals surface area contributed by atoms with Gasteiger partial charge in [-0.15, -0.1) is 0 Å². The van der Waals surface area contributed by atoms with Crippen LogP contribution in [0.15, 0.2) is 18.2 Å². The summed E-state index contributed by atoms with van der Waals surface area (Å²) in [4.78, 5) is 26.5. The topological polar surface area (TPSA) is 58.6 Å². The third kappa shape index (κ3) is 3.89. The quantitative estimate of drug-likeness (QED) is 0.923. The highest BCUT2D eigenvalue weighted by Crippen LogP contribution is 2.34. The van der Waals surface area contributed by atoms with Crippen LogP contribution < -0.4 is 15.0 Å². The van der Waals surface area contributed by atoms with Gasteiger partial charge in [-0.2, -0.15) is 0 Å². The van der Waals surface area contributed by atoms with Gasteiger partial charge in [0, 0.05) is 18.9 Å². The molecule has 1 saturated carbocycles. The zero-order valence-electron chi connectivity index (χ0n) is 14.5. The second-order valence-electron chi connectivity index (χ2n) is 6.95. The van der Waals surface area contributed by atoms with Gasteiger partial charge in [-0.1, -0.05) is 18.9 Å². The van der Waals surface area contributed by atoms with Crippen molar-refractivity contribution in [2.75, 3.05) is 11.4 Å². The predicted octanol–water partition coefficient (Wildman–Crippen LogP) is 2.95. The SMILES string of the molecule is Cc1ccc2c(c1)N(C(=O)CCC(=O)NC1CCCC1)CC(C)O2. The van der Waals surface area contributed by atoms with Gasteiger partial charge in [-0.3, -0.25) is 9.59 Å². The number of benzene rings is 1. The zero-order chi connectivity index (χ0) is 17.1. The van der Waals surface area contributed by atoms with Crippen LogP contribution in [-0.2, 0) is 9.59 Å². The first-order valence-electron chi connectivity index (χ1n) is 8.90. The molecule has 1 aliphatic carbocycles. The molecule has 1 heterocycles. The van der Waals surface area contributed by atoms with Crippen LogP contribution in [0.2, 0.25) is 0 Å². The molecule has 1 fully saturated rings. The van der Waals surface area contributed by atoms with Gasteiger partial charge in [0.25, 0.3) is 0 Å². The molecule has 1 N–H and O–H groups in total. The fraction of sp³-hybridized carbons (Fsp3) is 0.579. The minimum absolute atomic E-state index is 0.0129. The molecule has 1 unspecified atom stereocenters. The maximum Gasteiger partial charge on any atom is 0.227 e. The Kier molecular flexibility index (Phi) is 5.07. The maximum atomic E-state index is 12.6. The van der Waals surface area contributed by atoms with Gasteiger partial charge in [-0.05, 0) is 44.4 Å². The molecule has 1 aromatic carbocycles. The fourth-order valence-corrected chi connectivity index (χ4v) is 3.51. The number of nitrogens with one attached hydrogen (secondary N) is 1. The first-order chi connectivity index (χ1) is 11.5. The van der Waals surface area contributed by atoms with Crippen molar-refractivity contribution in [2.45, 2.75) is 64.5 Å². The zero-order valence-corrected chi connectivity index (χ0v) is 14.5. The summed E-state index contributed by atoms with van der Waals surface area (Å²) in [5.41, 5.74) is 1.90. The van der Waals surface area contributed by atoms with E-state index in [0.29, 0.717) is 12.6 Å². The summed E-state index contributed by atoms with van der Waals surface area (Å²) in [6.45, 7) is 4.48. The monoisotopic (exact) mass is 330 g/mol. The molecule has 0 aromatic heterocycles. The van der Waals surface area contributed by atoms with Crippen molar-refractivity contribution in [3.8, 4) is 5.75 Å². The molecule has 130 valence electrons. The molecule has 0 spiro atoms. The lowest BCUT2D eigenvalue weighted by Crippen LogP contribution is -2.43. The molecule has 1 atom stereocenters. The second-order valence-corrected chi connectivity index (χ2v) is 6.95. The highest BCUT2D eigenvalue weighted by molar-refractivity contribution is 5.97. The Morgan fingerprint density at radius 3 is 2.75 bits per heavy atom. The van der Waals surface area contributed by atoms with Crippen LogP contribution in [0.3, 0.4) is 0 Å². The van der Waals surface area contributed by atoms with Crippen LogP contribution in [0.25, 0.3) is 0 Å². The van der Waals surface area contributed by atoms with Gasteiger partial charge < -0.3 is 15.0 Å². The van der Waals surface area contributed by atoms with Gasteiger partial charge in [0.2, 0.25) is 11.8 Å². The van der Waals surface area contributed by atoms with E-state index in [1.807, 2.05) is 32.0 Å². The number of amides is 2. The normalized spacial score (nSPS) is 20.4. The number of hydrogen-bond acceptors (Lipinski definition) is 3. The molecular weight excluding hydrogens is 304 g/mol. The van der Waals surface area contributed by atoms with E-state index in [-0.39, 0.29) is 30.8 Å². The number of nitrogens with zero attached hydrogens (tertiary/aromatic N) is 1.